The lowest BCUT2D eigenvalue weighted by atomic mass is 10.1. The molecule has 0 saturated carbocycles. The maximum absolute atomic E-state index is 12.0. The molecular weight excluding hydrogens is 348 g/mol. The number of rotatable bonds is 8. The van der Waals surface area contributed by atoms with Gasteiger partial charge in [0.15, 0.2) is 0 Å². The molecule has 0 amide bonds. The number of ether oxygens (including phenoxy) is 1. The summed E-state index contributed by atoms with van der Waals surface area (Å²) in [5.74, 6) is 0.801. The van der Waals surface area contributed by atoms with Crippen LogP contribution in [0.15, 0.2) is 55.1 Å². The second kappa shape index (κ2) is 7.61. The molecule has 2 aromatic carbocycles. The molecule has 0 spiro atoms. The van der Waals surface area contributed by atoms with Crippen LogP contribution in [-0.4, -0.2) is 43.7 Å². The highest BCUT2D eigenvalue weighted by molar-refractivity contribution is 7.87. The van der Waals surface area contributed by atoms with Crippen molar-refractivity contribution in [3.63, 3.8) is 0 Å². The molecule has 26 heavy (non-hydrogen) atoms. The Kier molecular flexibility index (Phi) is 5.46. The van der Waals surface area contributed by atoms with Gasteiger partial charge in [-0.25, -0.2) is 0 Å². The summed E-state index contributed by atoms with van der Waals surface area (Å²) in [5.41, 5.74) is 3.29. The molecule has 6 heteroatoms. The molecule has 3 rings (SSSR count). The molecule has 1 heterocycles. The predicted octanol–water partition coefficient (Wildman–Crippen LogP) is 2.94. The molecule has 0 bridgehead atoms. The molecule has 2 unspecified atom stereocenters. The van der Waals surface area contributed by atoms with E-state index in [1.807, 2.05) is 54.6 Å². The molecule has 0 aliphatic carbocycles. The van der Waals surface area contributed by atoms with Crippen LogP contribution in [0.4, 0.5) is 0 Å². The van der Waals surface area contributed by atoms with Crippen LogP contribution in [0, 0.1) is 0 Å². The van der Waals surface area contributed by atoms with Crippen LogP contribution in [-0.2, 0) is 23.2 Å². The van der Waals surface area contributed by atoms with Crippen LogP contribution in [0.25, 0.3) is 6.08 Å². The Balaban J connectivity index is 1.52. The fourth-order valence-electron chi connectivity index (χ4n) is 2.73. The summed E-state index contributed by atoms with van der Waals surface area (Å²) in [6.45, 7) is 4.83. The third-order valence-corrected chi connectivity index (χ3v) is 6.40. The van der Waals surface area contributed by atoms with Gasteiger partial charge in [0.25, 0.3) is 10.2 Å². The summed E-state index contributed by atoms with van der Waals surface area (Å²) in [6, 6.07) is 16.0. The maximum atomic E-state index is 12.0. The zero-order valence-corrected chi connectivity index (χ0v) is 15.9. The zero-order chi connectivity index (χ0) is 18.7. The van der Waals surface area contributed by atoms with E-state index >= 15 is 0 Å². The van der Waals surface area contributed by atoms with Crippen molar-refractivity contribution in [1.82, 2.24) is 8.61 Å². The molecule has 0 aromatic heterocycles. The molecule has 2 atom stereocenters. The molecule has 1 aliphatic rings. The van der Waals surface area contributed by atoms with Gasteiger partial charge in [-0.15, -0.1) is 0 Å². The molecular formula is C20H24N2O3S. The van der Waals surface area contributed by atoms with E-state index in [4.69, 9.17) is 4.74 Å². The number of nitrogens with zero attached hydrogens (tertiary/aromatic N) is 2. The van der Waals surface area contributed by atoms with E-state index in [0.717, 1.165) is 28.9 Å². The average molecular weight is 372 g/mol. The normalized spacial score (nSPS) is 19.3. The Morgan fingerprint density at radius 2 is 1.73 bits per heavy atom. The highest BCUT2D eigenvalue weighted by Crippen LogP contribution is 2.27. The van der Waals surface area contributed by atoms with Crippen LogP contribution < -0.4 is 4.74 Å². The third kappa shape index (κ3) is 4.33. The molecule has 0 N–H and O–H groups in total. The zero-order valence-electron chi connectivity index (χ0n) is 15.1. The Labute approximate surface area is 155 Å². The summed E-state index contributed by atoms with van der Waals surface area (Å²) in [7, 11) is -0.175. The SMILES string of the molecule is C=Cc1ccc(COc2ccc(CC3CN3S(=O)(=O)N(C)C)cc2)cc1. The van der Waals surface area contributed by atoms with Crippen molar-refractivity contribution in [3.05, 3.63) is 71.8 Å². The summed E-state index contributed by atoms with van der Waals surface area (Å²) in [5, 5.41) is 0. The maximum Gasteiger partial charge on any atom is 0.281 e. The van der Waals surface area contributed by atoms with Gasteiger partial charge in [0.05, 0.1) is 0 Å². The van der Waals surface area contributed by atoms with E-state index < -0.39 is 10.2 Å². The Morgan fingerprint density at radius 3 is 2.31 bits per heavy atom. The van der Waals surface area contributed by atoms with E-state index in [1.54, 1.807) is 14.1 Å². The molecule has 138 valence electrons. The lowest BCUT2D eigenvalue weighted by Crippen LogP contribution is -2.30. The van der Waals surface area contributed by atoms with Crippen molar-refractivity contribution in [1.29, 1.82) is 0 Å². The van der Waals surface area contributed by atoms with E-state index in [1.165, 1.54) is 8.61 Å². The largest absolute Gasteiger partial charge is 0.489 e. The molecule has 1 saturated heterocycles. The monoisotopic (exact) mass is 372 g/mol. The molecule has 1 fully saturated rings. The van der Waals surface area contributed by atoms with Gasteiger partial charge in [0, 0.05) is 26.7 Å². The van der Waals surface area contributed by atoms with Crippen molar-refractivity contribution in [3.8, 4) is 5.75 Å². The van der Waals surface area contributed by atoms with Crippen molar-refractivity contribution in [2.45, 2.75) is 19.1 Å². The summed E-state index contributed by atoms with van der Waals surface area (Å²) >= 11 is 0. The standard InChI is InChI=1S/C20H24N2O3S/c1-4-16-5-7-18(8-6-16)15-25-20-11-9-17(10-12-20)13-19-14-22(19)26(23,24)21(2)3/h4-12,19H,1,13-15H2,2-3H3. The summed E-state index contributed by atoms with van der Waals surface area (Å²) < 4.78 is 32.7. The minimum absolute atomic E-state index is 0.0533. The van der Waals surface area contributed by atoms with E-state index in [0.29, 0.717) is 13.2 Å². The third-order valence-electron chi connectivity index (χ3n) is 4.44. The topological polar surface area (TPSA) is 49.6 Å². The highest BCUT2D eigenvalue weighted by atomic mass is 32.2. The minimum Gasteiger partial charge on any atom is -0.489 e. The highest BCUT2D eigenvalue weighted by Gasteiger charge is 2.44. The lowest BCUT2D eigenvalue weighted by molar-refractivity contribution is 0.306. The average Bonchev–Trinajstić information content (AvgIpc) is 3.41. The fraction of sp³-hybridized carbons (Fsp3) is 0.300. The van der Waals surface area contributed by atoms with Gasteiger partial charge in [-0.1, -0.05) is 49.1 Å². The Hall–Kier alpha value is -2.15. The van der Waals surface area contributed by atoms with Crippen LogP contribution >= 0.6 is 0 Å². The fourth-order valence-corrected chi connectivity index (χ4v) is 3.96. The van der Waals surface area contributed by atoms with Crippen molar-refractivity contribution >= 4 is 16.3 Å². The van der Waals surface area contributed by atoms with Crippen molar-refractivity contribution in [2.75, 3.05) is 20.6 Å². The van der Waals surface area contributed by atoms with E-state index in [2.05, 4.69) is 6.58 Å². The first kappa shape index (κ1) is 18.6. The van der Waals surface area contributed by atoms with Gasteiger partial charge in [0.2, 0.25) is 0 Å². The lowest BCUT2D eigenvalue weighted by Gasteiger charge is -2.12. The van der Waals surface area contributed by atoms with Crippen molar-refractivity contribution < 1.29 is 13.2 Å². The first-order chi connectivity index (χ1) is 12.4. The van der Waals surface area contributed by atoms with Crippen LogP contribution in [0.5, 0.6) is 5.75 Å². The molecule has 0 radical (unpaired) electrons. The van der Waals surface area contributed by atoms with Crippen molar-refractivity contribution in [2.24, 2.45) is 0 Å². The smallest absolute Gasteiger partial charge is 0.281 e. The van der Waals surface area contributed by atoms with Crippen LogP contribution in [0.3, 0.4) is 0 Å². The first-order valence-corrected chi connectivity index (χ1v) is 9.92. The van der Waals surface area contributed by atoms with Gasteiger partial charge in [0.1, 0.15) is 12.4 Å². The quantitative estimate of drug-likeness (QED) is 0.670. The van der Waals surface area contributed by atoms with Gasteiger partial charge in [-0.3, -0.25) is 0 Å². The Morgan fingerprint density at radius 1 is 1.12 bits per heavy atom. The second-order valence-corrected chi connectivity index (χ2v) is 8.69. The van der Waals surface area contributed by atoms with Crippen LogP contribution in [0.1, 0.15) is 16.7 Å². The van der Waals surface area contributed by atoms with Gasteiger partial charge >= 0.3 is 0 Å². The van der Waals surface area contributed by atoms with Gasteiger partial charge in [-0.05, 0) is 35.2 Å². The van der Waals surface area contributed by atoms with E-state index in [-0.39, 0.29) is 6.04 Å². The van der Waals surface area contributed by atoms with E-state index in [9.17, 15) is 8.42 Å². The number of benzene rings is 2. The minimum atomic E-state index is -3.29. The van der Waals surface area contributed by atoms with Gasteiger partial charge in [-0.2, -0.15) is 17.0 Å². The molecule has 2 aromatic rings. The first-order valence-electron chi connectivity index (χ1n) is 8.52. The van der Waals surface area contributed by atoms with Crippen LogP contribution in [0.2, 0.25) is 0 Å². The molecule has 5 nitrogen and oxygen atoms in total. The summed E-state index contributed by atoms with van der Waals surface area (Å²) in [4.78, 5) is 0. The van der Waals surface area contributed by atoms with Gasteiger partial charge < -0.3 is 4.74 Å². The number of hydrogen-bond donors (Lipinski definition) is 0. The predicted molar refractivity (Wildman–Crippen MR) is 104 cm³/mol. The molecule has 1 aliphatic heterocycles. The second-order valence-electron chi connectivity index (χ2n) is 6.60. The summed E-state index contributed by atoms with van der Waals surface area (Å²) in [6.07, 6.45) is 2.53. The Bertz CT molecular complexity index is 859. The number of hydrogen-bond acceptors (Lipinski definition) is 3.